The maximum absolute atomic E-state index is 13.7. The monoisotopic (exact) mass is 588 g/mol. The van der Waals surface area contributed by atoms with Gasteiger partial charge in [-0.2, -0.15) is 0 Å². The highest BCUT2D eigenvalue weighted by molar-refractivity contribution is 6.02. The fourth-order valence-electron chi connectivity index (χ4n) is 4.66. The van der Waals surface area contributed by atoms with Crippen LogP contribution in [0.1, 0.15) is 15.9 Å². The molecule has 3 amide bonds. The zero-order valence-corrected chi connectivity index (χ0v) is 24.4. The number of rotatable bonds is 11. The van der Waals surface area contributed by atoms with Crippen molar-refractivity contribution in [3.8, 4) is 17.0 Å². The first-order valence-corrected chi connectivity index (χ1v) is 14.0. The second kappa shape index (κ2) is 13.9. The van der Waals surface area contributed by atoms with E-state index < -0.39 is 11.9 Å². The molecule has 2 N–H and O–H groups in total. The highest BCUT2D eigenvalue weighted by Gasteiger charge is 2.26. The fraction of sp³-hybridized carbons (Fsp3) is 0.147. The summed E-state index contributed by atoms with van der Waals surface area (Å²) in [4.78, 5) is 41.2. The van der Waals surface area contributed by atoms with Crippen LogP contribution in [0.3, 0.4) is 0 Å². The van der Waals surface area contributed by atoms with Gasteiger partial charge in [-0.05, 0) is 54.1 Å². The molecule has 0 aliphatic carbocycles. The summed E-state index contributed by atoms with van der Waals surface area (Å²) >= 11 is 0. The molecule has 0 unspecified atom stereocenters. The molecule has 0 spiro atoms. The van der Waals surface area contributed by atoms with E-state index in [1.165, 1.54) is 9.58 Å². The second-order valence-electron chi connectivity index (χ2n) is 10.1. The molecule has 1 aromatic heterocycles. The van der Waals surface area contributed by atoms with Crippen molar-refractivity contribution in [3.63, 3.8) is 0 Å². The molecule has 10 heteroatoms. The Morgan fingerprint density at radius 1 is 0.886 bits per heavy atom. The molecule has 44 heavy (non-hydrogen) atoms. The standard InChI is InChI=1S/C34H32N6O4/c1-39(28-16-18-29(44-2)19-17-28)34(43)30(20-24-10-5-3-6-11-24)36-33(42)26-13-9-12-25(21-26)31-22-40(38-37-31)23-32(41)35-27-14-7-4-8-15-27/h3-19,21-22,30H,20,23H2,1-2H3,(H,35,41)(H,36,42)/t30-/m0/s1. The molecule has 0 radical (unpaired) electrons. The molecule has 10 nitrogen and oxygen atoms in total. The van der Waals surface area contributed by atoms with Crippen LogP contribution in [0.4, 0.5) is 11.4 Å². The van der Waals surface area contributed by atoms with Gasteiger partial charge in [-0.1, -0.05) is 65.9 Å². The summed E-state index contributed by atoms with van der Waals surface area (Å²) in [6, 6.07) is 31.9. The summed E-state index contributed by atoms with van der Waals surface area (Å²) in [5, 5.41) is 14.0. The van der Waals surface area contributed by atoms with Gasteiger partial charge in [0, 0.05) is 36.0 Å². The minimum absolute atomic E-state index is 0.0208. The van der Waals surface area contributed by atoms with Crippen LogP contribution >= 0.6 is 0 Å². The van der Waals surface area contributed by atoms with Gasteiger partial charge in [0.1, 0.15) is 24.0 Å². The summed E-state index contributed by atoms with van der Waals surface area (Å²) in [6.45, 7) is -0.0208. The van der Waals surface area contributed by atoms with E-state index in [2.05, 4.69) is 20.9 Å². The Kier molecular flexibility index (Phi) is 9.41. The highest BCUT2D eigenvalue weighted by atomic mass is 16.5. The van der Waals surface area contributed by atoms with Crippen LogP contribution in [-0.4, -0.2) is 52.9 Å². The summed E-state index contributed by atoms with van der Waals surface area (Å²) < 4.78 is 6.67. The number of likely N-dealkylation sites (N-methyl/N-ethyl adjacent to an activating group) is 1. The number of para-hydroxylation sites is 1. The van der Waals surface area contributed by atoms with Crippen molar-refractivity contribution in [2.45, 2.75) is 19.0 Å². The van der Waals surface area contributed by atoms with Crippen LogP contribution < -0.4 is 20.3 Å². The quantitative estimate of drug-likeness (QED) is 0.233. The van der Waals surface area contributed by atoms with Gasteiger partial charge in [0.15, 0.2) is 0 Å². The number of benzene rings is 4. The average molecular weight is 589 g/mol. The number of anilines is 2. The molecule has 4 aromatic carbocycles. The van der Waals surface area contributed by atoms with E-state index in [1.54, 1.807) is 81.0 Å². The Morgan fingerprint density at radius 3 is 2.30 bits per heavy atom. The third-order valence-corrected chi connectivity index (χ3v) is 7.00. The van der Waals surface area contributed by atoms with Crippen LogP contribution in [0, 0.1) is 0 Å². The molecule has 1 atom stereocenters. The minimum Gasteiger partial charge on any atom is -0.497 e. The third kappa shape index (κ3) is 7.54. The molecule has 0 fully saturated rings. The summed E-state index contributed by atoms with van der Waals surface area (Å²) in [6.07, 6.45) is 1.96. The van der Waals surface area contributed by atoms with E-state index in [0.717, 1.165) is 5.56 Å². The molecular formula is C34H32N6O4. The lowest BCUT2D eigenvalue weighted by atomic mass is 10.0. The van der Waals surface area contributed by atoms with E-state index in [0.29, 0.717) is 40.4 Å². The number of carbonyl (C=O) groups is 3. The normalized spacial score (nSPS) is 11.3. The molecule has 0 saturated carbocycles. The van der Waals surface area contributed by atoms with Crippen molar-refractivity contribution in [1.29, 1.82) is 0 Å². The Labute approximate surface area is 255 Å². The van der Waals surface area contributed by atoms with Gasteiger partial charge in [-0.3, -0.25) is 14.4 Å². The Morgan fingerprint density at radius 2 is 1.59 bits per heavy atom. The molecule has 0 saturated heterocycles. The van der Waals surface area contributed by atoms with Crippen molar-refractivity contribution in [2.75, 3.05) is 24.4 Å². The first-order valence-electron chi connectivity index (χ1n) is 14.0. The number of carbonyl (C=O) groups excluding carboxylic acids is 3. The van der Waals surface area contributed by atoms with Crippen molar-refractivity contribution in [1.82, 2.24) is 20.3 Å². The predicted octanol–water partition coefficient (Wildman–Crippen LogP) is 4.60. The largest absolute Gasteiger partial charge is 0.497 e. The zero-order chi connectivity index (χ0) is 30.9. The lowest BCUT2D eigenvalue weighted by Gasteiger charge is -2.25. The van der Waals surface area contributed by atoms with Gasteiger partial charge in [0.2, 0.25) is 11.8 Å². The molecule has 0 bridgehead atoms. The average Bonchev–Trinajstić information content (AvgIpc) is 3.53. The molecule has 1 heterocycles. The first-order chi connectivity index (χ1) is 21.4. The number of amides is 3. The van der Waals surface area contributed by atoms with Gasteiger partial charge < -0.3 is 20.3 Å². The van der Waals surface area contributed by atoms with E-state index in [4.69, 9.17) is 4.74 Å². The summed E-state index contributed by atoms with van der Waals surface area (Å²) in [5.74, 6) is -0.229. The smallest absolute Gasteiger partial charge is 0.251 e. The van der Waals surface area contributed by atoms with Gasteiger partial charge in [-0.15, -0.1) is 5.10 Å². The van der Waals surface area contributed by atoms with Crippen molar-refractivity contribution in [2.24, 2.45) is 0 Å². The summed E-state index contributed by atoms with van der Waals surface area (Å²) in [5.41, 5.74) is 3.78. The maximum atomic E-state index is 13.7. The number of ether oxygens (including phenoxy) is 1. The van der Waals surface area contributed by atoms with Crippen LogP contribution in [0.25, 0.3) is 11.3 Å². The SMILES string of the molecule is COc1ccc(N(C)C(=O)[C@H](Cc2ccccc2)NC(=O)c2cccc(-c3cn(CC(=O)Nc4ccccc4)nn3)c2)cc1. The minimum atomic E-state index is -0.829. The van der Waals surface area contributed by atoms with Gasteiger partial charge >= 0.3 is 0 Å². The van der Waals surface area contributed by atoms with Gasteiger partial charge in [-0.25, -0.2) is 4.68 Å². The Bertz CT molecular complexity index is 1720. The molecule has 5 rings (SSSR count). The third-order valence-electron chi connectivity index (χ3n) is 7.00. The molecule has 222 valence electrons. The zero-order valence-electron chi connectivity index (χ0n) is 24.4. The molecule has 5 aromatic rings. The topological polar surface area (TPSA) is 118 Å². The van der Waals surface area contributed by atoms with Crippen molar-refractivity contribution < 1.29 is 19.1 Å². The molecule has 0 aliphatic rings. The van der Waals surface area contributed by atoms with Crippen LogP contribution in [0.15, 0.2) is 115 Å². The van der Waals surface area contributed by atoms with E-state index in [1.807, 2.05) is 48.5 Å². The number of hydrogen-bond acceptors (Lipinski definition) is 6. The molecule has 0 aliphatic heterocycles. The van der Waals surface area contributed by atoms with Gasteiger partial charge in [0.05, 0.1) is 13.3 Å². The second-order valence-corrected chi connectivity index (χ2v) is 10.1. The predicted molar refractivity (Wildman–Crippen MR) is 168 cm³/mol. The lowest BCUT2D eigenvalue weighted by molar-refractivity contribution is -0.120. The van der Waals surface area contributed by atoms with Crippen LogP contribution in [0.5, 0.6) is 5.75 Å². The Balaban J connectivity index is 1.30. The van der Waals surface area contributed by atoms with E-state index in [-0.39, 0.29) is 18.4 Å². The molecular weight excluding hydrogens is 556 g/mol. The number of nitrogens with zero attached hydrogens (tertiary/aromatic N) is 4. The number of nitrogens with one attached hydrogen (secondary N) is 2. The summed E-state index contributed by atoms with van der Waals surface area (Å²) in [7, 11) is 3.26. The number of hydrogen-bond donors (Lipinski definition) is 2. The highest BCUT2D eigenvalue weighted by Crippen LogP contribution is 2.21. The van der Waals surface area contributed by atoms with Crippen molar-refractivity contribution >= 4 is 29.1 Å². The number of aromatic nitrogens is 3. The van der Waals surface area contributed by atoms with E-state index in [9.17, 15) is 14.4 Å². The fourth-order valence-corrected chi connectivity index (χ4v) is 4.66. The Hall–Kier alpha value is -5.77. The van der Waals surface area contributed by atoms with Crippen LogP contribution in [-0.2, 0) is 22.6 Å². The first kappa shape index (κ1) is 29.7. The van der Waals surface area contributed by atoms with Crippen LogP contribution in [0.2, 0.25) is 0 Å². The maximum Gasteiger partial charge on any atom is 0.251 e. The lowest BCUT2D eigenvalue weighted by Crippen LogP contribution is -2.48. The number of methoxy groups -OCH3 is 1. The van der Waals surface area contributed by atoms with Crippen molar-refractivity contribution in [3.05, 3.63) is 127 Å². The van der Waals surface area contributed by atoms with Gasteiger partial charge in [0.25, 0.3) is 5.91 Å². The van der Waals surface area contributed by atoms with E-state index >= 15 is 0 Å².